The molecule has 1 aromatic carbocycles. The van der Waals surface area contributed by atoms with Gasteiger partial charge in [0.2, 0.25) is 0 Å². The molecule has 0 saturated heterocycles. The minimum Gasteiger partial charge on any atom is -0.328 e. The van der Waals surface area contributed by atoms with Gasteiger partial charge in [-0.15, -0.1) is 0 Å². The maximum atomic E-state index is 4.40. The predicted molar refractivity (Wildman–Crippen MR) is 76.6 cm³/mol. The molecule has 0 amide bonds. The summed E-state index contributed by atoms with van der Waals surface area (Å²) in [6, 6.07) is 8.27. The molecule has 0 spiro atoms. The predicted octanol–water partition coefficient (Wildman–Crippen LogP) is 3.84. The highest BCUT2D eigenvalue weighted by atomic mass is 32.2. The topological polar surface area (TPSA) is 15.6 Å². The van der Waals surface area contributed by atoms with E-state index in [1.54, 1.807) is 24.1 Å². The number of anilines is 1. The van der Waals surface area contributed by atoms with Crippen LogP contribution in [0, 0.1) is 0 Å². The lowest BCUT2D eigenvalue weighted by atomic mass is 10.3. The van der Waals surface area contributed by atoms with Crippen LogP contribution >= 0.6 is 11.8 Å². The van der Waals surface area contributed by atoms with Crippen LogP contribution in [0.15, 0.2) is 70.2 Å². The molecule has 1 aromatic rings. The van der Waals surface area contributed by atoms with E-state index in [1.807, 2.05) is 25.3 Å². The summed E-state index contributed by atoms with van der Waals surface area (Å²) in [4.78, 5) is 8.76. The second-order valence-corrected chi connectivity index (χ2v) is 4.62. The first-order valence-corrected chi connectivity index (χ1v) is 6.12. The van der Waals surface area contributed by atoms with Crippen LogP contribution in [0.3, 0.4) is 0 Å². The lowest BCUT2D eigenvalue weighted by Gasteiger charge is -2.28. The third-order valence-corrected chi connectivity index (χ3v) is 3.61. The highest BCUT2D eigenvalue weighted by molar-refractivity contribution is 8.03. The van der Waals surface area contributed by atoms with Crippen LogP contribution in [-0.2, 0) is 0 Å². The average molecular weight is 242 g/mol. The Hall–Kier alpha value is -1.74. The normalized spacial score (nSPS) is 15.0. The molecule has 1 heterocycles. The monoisotopic (exact) mass is 242 g/mol. The lowest BCUT2D eigenvalue weighted by molar-refractivity contribution is 1.03. The zero-order valence-electron chi connectivity index (χ0n) is 9.76. The Labute approximate surface area is 106 Å². The molecular weight excluding hydrogens is 228 g/mol. The van der Waals surface area contributed by atoms with E-state index in [9.17, 15) is 0 Å². The number of fused-ring (bicyclic) bond motifs is 1. The Bertz CT molecular complexity index is 515. The highest BCUT2D eigenvalue weighted by Gasteiger charge is 2.20. The number of thioether (sulfide) groups is 1. The first-order valence-electron chi connectivity index (χ1n) is 5.30. The van der Waals surface area contributed by atoms with Gasteiger partial charge in [0.05, 0.1) is 10.6 Å². The molecule has 0 saturated carbocycles. The number of para-hydroxylation sites is 1. The number of hydrogen-bond donors (Lipinski definition) is 0. The van der Waals surface area contributed by atoms with Crippen molar-refractivity contribution in [3.05, 3.63) is 60.3 Å². The first kappa shape index (κ1) is 11.7. The number of allylic oxidation sites excluding steroid dienone is 2. The van der Waals surface area contributed by atoms with Gasteiger partial charge in [-0.25, -0.2) is 4.99 Å². The summed E-state index contributed by atoms with van der Waals surface area (Å²) in [5.41, 5.74) is 1.17. The van der Waals surface area contributed by atoms with Gasteiger partial charge in [-0.05, 0) is 12.1 Å². The Morgan fingerprint density at radius 1 is 1.29 bits per heavy atom. The molecule has 0 bridgehead atoms. The van der Waals surface area contributed by atoms with Crippen molar-refractivity contribution in [2.24, 2.45) is 4.99 Å². The van der Waals surface area contributed by atoms with Crippen LogP contribution in [0.4, 0.5) is 5.69 Å². The van der Waals surface area contributed by atoms with Crippen LogP contribution in [0.2, 0.25) is 0 Å². The Kier molecular flexibility index (Phi) is 3.49. The minimum absolute atomic E-state index is 0.906. The van der Waals surface area contributed by atoms with Gasteiger partial charge >= 0.3 is 0 Å². The van der Waals surface area contributed by atoms with Crippen LogP contribution in [-0.4, -0.2) is 13.3 Å². The van der Waals surface area contributed by atoms with E-state index >= 15 is 0 Å². The minimum atomic E-state index is 0.906. The molecule has 0 aliphatic carbocycles. The zero-order valence-corrected chi connectivity index (χ0v) is 10.6. The van der Waals surface area contributed by atoms with Crippen molar-refractivity contribution < 1.29 is 0 Å². The van der Waals surface area contributed by atoms with Crippen molar-refractivity contribution >= 4 is 23.7 Å². The van der Waals surface area contributed by atoms with Crippen molar-refractivity contribution in [3.63, 3.8) is 0 Å². The van der Waals surface area contributed by atoms with E-state index in [0.717, 1.165) is 10.7 Å². The van der Waals surface area contributed by atoms with E-state index in [2.05, 4.69) is 35.2 Å². The van der Waals surface area contributed by atoms with Gasteiger partial charge in [-0.3, -0.25) is 0 Å². The second-order valence-electron chi connectivity index (χ2n) is 3.53. The largest absolute Gasteiger partial charge is 0.328 e. The number of benzene rings is 1. The zero-order chi connectivity index (χ0) is 12.3. The lowest BCUT2D eigenvalue weighted by Crippen LogP contribution is -2.19. The molecule has 0 atom stereocenters. The number of hydrogen-bond acceptors (Lipinski definition) is 3. The Morgan fingerprint density at radius 2 is 2.06 bits per heavy atom. The van der Waals surface area contributed by atoms with Gasteiger partial charge in [0.1, 0.15) is 5.82 Å². The Balaban J connectivity index is 2.49. The molecule has 0 radical (unpaired) electrons. The van der Waals surface area contributed by atoms with Gasteiger partial charge in [-0.1, -0.05) is 49.2 Å². The van der Waals surface area contributed by atoms with Crippen molar-refractivity contribution in [2.45, 2.75) is 4.90 Å². The van der Waals surface area contributed by atoms with Crippen LogP contribution in [0.25, 0.3) is 0 Å². The summed E-state index contributed by atoms with van der Waals surface area (Å²) in [6.45, 7) is 7.49. The van der Waals surface area contributed by atoms with Gasteiger partial charge in [0.25, 0.3) is 0 Å². The quantitative estimate of drug-likeness (QED) is 0.748. The molecule has 86 valence electrons. The molecule has 1 aliphatic heterocycles. The fourth-order valence-corrected chi connectivity index (χ4v) is 2.73. The molecule has 3 heteroatoms. The van der Waals surface area contributed by atoms with Crippen molar-refractivity contribution in [1.82, 2.24) is 0 Å². The summed E-state index contributed by atoms with van der Waals surface area (Å²) >= 11 is 1.69. The van der Waals surface area contributed by atoms with Crippen molar-refractivity contribution in [1.29, 1.82) is 0 Å². The molecule has 17 heavy (non-hydrogen) atoms. The Morgan fingerprint density at radius 3 is 2.76 bits per heavy atom. The molecule has 2 nitrogen and oxygen atoms in total. The average Bonchev–Trinajstić information content (AvgIpc) is 2.37. The fourth-order valence-electron chi connectivity index (χ4n) is 1.67. The molecule has 0 aromatic heterocycles. The summed E-state index contributed by atoms with van der Waals surface area (Å²) < 4.78 is 0. The summed E-state index contributed by atoms with van der Waals surface area (Å²) in [5.74, 6) is 0.906. The summed E-state index contributed by atoms with van der Waals surface area (Å²) in [5, 5.41) is 0. The van der Waals surface area contributed by atoms with E-state index in [1.165, 1.54) is 10.6 Å². The van der Waals surface area contributed by atoms with E-state index < -0.39 is 0 Å². The van der Waals surface area contributed by atoms with Gasteiger partial charge in [-0.2, -0.15) is 0 Å². The van der Waals surface area contributed by atoms with E-state index in [-0.39, 0.29) is 0 Å². The third-order valence-electron chi connectivity index (χ3n) is 2.47. The summed E-state index contributed by atoms with van der Waals surface area (Å²) in [6.07, 6.45) is 5.21. The maximum absolute atomic E-state index is 4.40. The van der Waals surface area contributed by atoms with E-state index in [4.69, 9.17) is 0 Å². The molecule has 0 unspecified atom stereocenters. The molecule has 0 fully saturated rings. The second kappa shape index (κ2) is 5.06. The van der Waals surface area contributed by atoms with Gasteiger partial charge in [0, 0.05) is 18.2 Å². The SMILES string of the molecule is C=CC=NC1=C(C=C)Sc2ccccc2N1C. The van der Waals surface area contributed by atoms with E-state index in [0.29, 0.717) is 0 Å². The van der Waals surface area contributed by atoms with Gasteiger partial charge in [0.15, 0.2) is 0 Å². The van der Waals surface area contributed by atoms with Crippen LogP contribution in [0.5, 0.6) is 0 Å². The molecule has 0 N–H and O–H groups in total. The number of nitrogens with zero attached hydrogens (tertiary/aromatic N) is 2. The van der Waals surface area contributed by atoms with Crippen LogP contribution < -0.4 is 4.90 Å². The third kappa shape index (κ3) is 2.19. The molecule has 1 aliphatic rings. The fraction of sp³-hybridized carbons (Fsp3) is 0.0714. The van der Waals surface area contributed by atoms with Crippen LogP contribution in [0.1, 0.15) is 0 Å². The van der Waals surface area contributed by atoms with Crippen molar-refractivity contribution in [3.8, 4) is 0 Å². The number of aliphatic imine (C=N–C) groups is 1. The standard InChI is InChI=1S/C14H14N2S/c1-4-10-15-14-12(5-2)17-13-9-7-6-8-11(13)16(14)3/h4-10H,1-2H2,3H3. The molecular formula is C14H14N2S. The smallest absolute Gasteiger partial charge is 0.146 e. The number of rotatable bonds is 3. The summed E-state index contributed by atoms with van der Waals surface area (Å²) in [7, 11) is 2.01. The van der Waals surface area contributed by atoms with Crippen molar-refractivity contribution in [2.75, 3.05) is 11.9 Å². The highest BCUT2D eigenvalue weighted by Crippen LogP contribution is 2.42. The molecule has 2 rings (SSSR count). The maximum Gasteiger partial charge on any atom is 0.146 e. The first-order chi connectivity index (χ1) is 8.27. The van der Waals surface area contributed by atoms with Gasteiger partial charge < -0.3 is 4.90 Å².